The highest BCUT2D eigenvalue weighted by Gasteiger charge is 2.38. The lowest BCUT2D eigenvalue weighted by molar-refractivity contribution is 0.736. The lowest BCUT2D eigenvalue weighted by Gasteiger charge is -2.33. The van der Waals surface area contributed by atoms with Crippen LogP contribution in [0.5, 0.6) is 0 Å². The molecule has 0 radical (unpaired) electrons. The summed E-state index contributed by atoms with van der Waals surface area (Å²) in [7, 11) is 0. The van der Waals surface area contributed by atoms with Crippen LogP contribution in [0.15, 0.2) is 176 Å². The molecule has 0 fully saturated rings. The molecule has 0 saturated carbocycles. The molecule has 5 heteroatoms. The van der Waals surface area contributed by atoms with Crippen LogP contribution >= 0.6 is 0 Å². The molecule has 3 unspecified atom stereocenters. The van der Waals surface area contributed by atoms with Crippen molar-refractivity contribution in [2.75, 3.05) is 4.90 Å². The van der Waals surface area contributed by atoms with E-state index in [9.17, 15) is 0 Å². The van der Waals surface area contributed by atoms with Crippen LogP contribution in [0.4, 0.5) is 11.5 Å². The highest BCUT2D eigenvalue weighted by Crippen LogP contribution is 2.49. The maximum absolute atomic E-state index is 8.59. The molecule has 0 bridgehead atoms. The Balaban J connectivity index is 1.10. The number of hydrogen-bond donors (Lipinski definition) is 2. The minimum absolute atomic E-state index is 0.0551. The van der Waals surface area contributed by atoms with Crippen molar-refractivity contribution in [3.8, 4) is 0 Å². The second kappa shape index (κ2) is 14.4. The molecule has 5 nitrogen and oxygen atoms in total. The fraction of sp³-hybridized carbons (Fsp3) is 0.118. The molecule has 0 spiro atoms. The summed E-state index contributed by atoms with van der Waals surface area (Å²) in [5, 5.41) is 12.5. The number of aromatic nitrogens is 2. The van der Waals surface area contributed by atoms with E-state index in [1.165, 1.54) is 34.2 Å². The van der Waals surface area contributed by atoms with E-state index in [2.05, 4.69) is 168 Å². The van der Waals surface area contributed by atoms with Crippen molar-refractivity contribution in [2.45, 2.75) is 31.2 Å². The van der Waals surface area contributed by atoms with Gasteiger partial charge in [0.15, 0.2) is 5.82 Å². The van der Waals surface area contributed by atoms with Gasteiger partial charge in [-0.05, 0) is 58.7 Å². The van der Waals surface area contributed by atoms with E-state index in [4.69, 9.17) is 15.4 Å². The summed E-state index contributed by atoms with van der Waals surface area (Å²) in [5.74, 6) is 2.00. The smallest absolute Gasteiger partial charge is 0.161 e. The first-order valence-corrected chi connectivity index (χ1v) is 19.6. The summed E-state index contributed by atoms with van der Waals surface area (Å²) in [5.41, 5.74) is 14.2. The van der Waals surface area contributed by atoms with Crippen molar-refractivity contribution in [1.82, 2.24) is 15.3 Å². The zero-order chi connectivity index (χ0) is 37.4. The molecule has 2 N–H and O–H groups in total. The van der Waals surface area contributed by atoms with Gasteiger partial charge in [-0.25, -0.2) is 9.97 Å². The maximum Gasteiger partial charge on any atom is 0.161 e. The Morgan fingerprint density at radius 2 is 1.54 bits per heavy atom. The van der Waals surface area contributed by atoms with Crippen LogP contribution in [-0.2, 0) is 0 Å². The fourth-order valence-corrected chi connectivity index (χ4v) is 8.93. The first-order valence-electron chi connectivity index (χ1n) is 19.6. The first-order chi connectivity index (χ1) is 27.7. The van der Waals surface area contributed by atoms with Gasteiger partial charge in [-0.15, -0.1) is 0 Å². The molecule has 1 aromatic heterocycles. The summed E-state index contributed by atoms with van der Waals surface area (Å²) >= 11 is 0. The highest BCUT2D eigenvalue weighted by atomic mass is 15.3. The Hall–Kier alpha value is -6.85. The van der Waals surface area contributed by atoms with Gasteiger partial charge in [-0.1, -0.05) is 164 Å². The average Bonchev–Trinajstić information content (AvgIpc) is 3.62. The molecule has 56 heavy (non-hydrogen) atoms. The molecule has 2 aliphatic heterocycles. The molecular formula is C51H41N5. The van der Waals surface area contributed by atoms with E-state index in [-0.39, 0.29) is 17.9 Å². The molecule has 270 valence electrons. The van der Waals surface area contributed by atoms with Gasteiger partial charge < -0.3 is 15.6 Å². The van der Waals surface area contributed by atoms with Crippen molar-refractivity contribution in [3.63, 3.8) is 0 Å². The lowest BCUT2D eigenvalue weighted by atomic mass is 9.77. The summed E-state index contributed by atoms with van der Waals surface area (Å²) in [6.45, 7) is 0. The monoisotopic (exact) mass is 723 g/mol. The number of nitrogens with zero attached hydrogens (tertiary/aromatic N) is 3. The Morgan fingerprint density at radius 1 is 0.768 bits per heavy atom. The van der Waals surface area contributed by atoms with Crippen LogP contribution in [0.1, 0.15) is 64.5 Å². The van der Waals surface area contributed by atoms with Crippen molar-refractivity contribution in [2.24, 2.45) is 5.92 Å². The number of nitrogens with one attached hydrogen (secondary N) is 2. The van der Waals surface area contributed by atoms with Gasteiger partial charge >= 0.3 is 0 Å². The fourth-order valence-electron chi connectivity index (χ4n) is 8.93. The van der Waals surface area contributed by atoms with Crippen molar-refractivity contribution >= 4 is 51.4 Å². The maximum atomic E-state index is 8.59. The Morgan fingerprint density at radius 3 is 2.36 bits per heavy atom. The number of hydrogen-bond acceptors (Lipinski definition) is 5. The van der Waals surface area contributed by atoms with Crippen LogP contribution in [0, 0.1) is 11.3 Å². The standard InChI is InChI=1S/C51H41N5/c52-33-43(34-17-4-1-5-18-34)50-42-28-11-10-27-41(42)48(49(55-50)35-19-6-2-7-20-35)38-24-16-23-37(31-38)44-32-47(54-51(53-44)36-21-8-3-9-22-36)56-45-29-14-12-25-39(45)40-26-13-15-30-46(40)56/h1-2,4-8,10-30,32-33,38-39,45,52,55H,3,9,31H2/b50-43+,52-33?. The summed E-state index contributed by atoms with van der Waals surface area (Å²) in [6.07, 6.45) is 26.7. The molecular weight excluding hydrogens is 683 g/mol. The molecule has 3 aliphatic carbocycles. The van der Waals surface area contributed by atoms with E-state index < -0.39 is 0 Å². The highest BCUT2D eigenvalue weighted by molar-refractivity contribution is 6.21. The van der Waals surface area contributed by atoms with Crippen LogP contribution in [0.3, 0.4) is 0 Å². The van der Waals surface area contributed by atoms with Gasteiger partial charge in [-0.3, -0.25) is 0 Å². The van der Waals surface area contributed by atoms with E-state index in [0.717, 1.165) is 75.8 Å². The molecule has 3 atom stereocenters. The Labute approximate surface area is 328 Å². The summed E-state index contributed by atoms with van der Waals surface area (Å²) in [6, 6.07) is 40.6. The molecule has 5 aliphatic rings. The second-order valence-electron chi connectivity index (χ2n) is 14.8. The van der Waals surface area contributed by atoms with E-state index in [0.29, 0.717) is 0 Å². The number of benzene rings is 4. The van der Waals surface area contributed by atoms with Gasteiger partial charge in [0.1, 0.15) is 5.82 Å². The van der Waals surface area contributed by atoms with Gasteiger partial charge in [0, 0.05) is 46.5 Å². The third-order valence-corrected chi connectivity index (χ3v) is 11.5. The van der Waals surface area contributed by atoms with Crippen molar-refractivity contribution < 1.29 is 0 Å². The molecule has 5 aromatic rings. The summed E-state index contributed by atoms with van der Waals surface area (Å²) < 4.78 is 0. The van der Waals surface area contributed by atoms with E-state index >= 15 is 0 Å². The number of rotatable bonds is 7. The molecule has 3 heterocycles. The lowest BCUT2D eigenvalue weighted by Crippen LogP contribution is -2.29. The zero-order valence-electron chi connectivity index (χ0n) is 31.0. The first kappa shape index (κ1) is 33.7. The van der Waals surface area contributed by atoms with Gasteiger partial charge in [-0.2, -0.15) is 0 Å². The van der Waals surface area contributed by atoms with Crippen LogP contribution in [0.25, 0.3) is 33.7 Å². The number of anilines is 2. The quantitative estimate of drug-likeness (QED) is 0.164. The van der Waals surface area contributed by atoms with Gasteiger partial charge in [0.2, 0.25) is 0 Å². The number of fused-ring (bicyclic) bond motifs is 4. The normalized spacial score (nSPS) is 21.4. The third-order valence-electron chi connectivity index (χ3n) is 11.5. The van der Waals surface area contributed by atoms with Crippen molar-refractivity contribution in [1.29, 1.82) is 5.41 Å². The Bertz CT molecular complexity index is 2620. The zero-order valence-corrected chi connectivity index (χ0v) is 31.0. The summed E-state index contributed by atoms with van der Waals surface area (Å²) in [4.78, 5) is 13.1. The molecule has 10 rings (SSSR count). The predicted octanol–water partition coefficient (Wildman–Crippen LogP) is 11.6. The van der Waals surface area contributed by atoms with E-state index in [1.807, 2.05) is 18.2 Å². The number of allylic oxidation sites excluding steroid dienone is 12. The molecule has 0 saturated heterocycles. The largest absolute Gasteiger partial charge is 0.354 e. The van der Waals surface area contributed by atoms with E-state index in [1.54, 1.807) is 0 Å². The topological polar surface area (TPSA) is 64.9 Å². The minimum atomic E-state index is 0.0551. The van der Waals surface area contributed by atoms with Crippen LogP contribution in [0.2, 0.25) is 0 Å². The SMILES string of the molecule is N=C/C(=C1\NC(c2ccccc2)=C(C2C=CC=C(c3cc(N4c5ccccc5C5C=CC=CC54)nc(C4=CCCC=C4)n3)C2)c2ccccc21)c1ccccc1. The molecule has 0 amide bonds. The predicted molar refractivity (Wildman–Crippen MR) is 232 cm³/mol. The van der Waals surface area contributed by atoms with Gasteiger partial charge in [0.05, 0.1) is 23.1 Å². The van der Waals surface area contributed by atoms with Crippen molar-refractivity contribution in [3.05, 3.63) is 215 Å². The minimum Gasteiger partial charge on any atom is -0.354 e. The number of para-hydroxylation sites is 1. The molecule has 4 aromatic carbocycles. The average molecular weight is 724 g/mol. The Kier molecular flexibility index (Phi) is 8.68. The van der Waals surface area contributed by atoms with Gasteiger partial charge in [0.25, 0.3) is 0 Å². The third kappa shape index (κ3) is 5.93. The second-order valence-corrected chi connectivity index (χ2v) is 14.8. The van der Waals surface area contributed by atoms with Crippen LogP contribution in [-0.4, -0.2) is 22.2 Å². The van der Waals surface area contributed by atoms with Crippen LogP contribution < -0.4 is 10.2 Å².